The van der Waals surface area contributed by atoms with E-state index < -0.39 is 11.7 Å². The lowest BCUT2D eigenvalue weighted by Crippen LogP contribution is -2.41. The third-order valence-electron chi connectivity index (χ3n) is 5.64. The van der Waals surface area contributed by atoms with Crippen LogP contribution in [-0.2, 0) is 9.53 Å². The molecule has 142 valence electrons. The third kappa shape index (κ3) is 3.95. The van der Waals surface area contributed by atoms with Crippen molar-refractivity contribution < 1.29 is 14.3 Å². The van der Waals surface area contributed by atoms with Gasteiger partial charge in [0, 0.05) is 11.7 Å². The fraction of sp³-hybridized carbons (Fsp3) is 0.667. The number of nitrogens with zero attached hydrogens (tertiary/aromatic N) is 1. The van der Waals surface area contributed by atoms with E-state index in [0.717, 1.165) is 23.6 Å². The van der Waals surface area contributed by atoms with Gasteiger partial charge in [0.25, 0.3) is 0 Å². The van der Waals surface area contributed by atoms with Crippen LogP contribution in [0.4, 0.5) is 0 Å². The summed E-state index contributed by atoms with van der Waals surface area (Å²) in [6, 6.07) is 0.146. The largest absolute Gasteiger partial charge is 0.465 e. The second-order valence-electron chi connectivity index (χ2n) is 7.32. The number of carbonyl (C=O) groups is 2. The number of thioether (sulfide) groups is 1. The van der Waals surface area contributed by atoms with Crippen LogP contribution in [0.2, 0.25) is 0 Å². The Balaban J connectivity index is 1.61. The number of ether oxygens (including phenoxy) is 1. The fourth-order valence-corrected chi connectivity index (χ4v) is 5.33. The second-order valence-corrected chi connectivity index (χ2v) is 8.29. The molecule has 2 fully saturated rings. The van der Waals surface area contributed by atoms with Gasteiger partial charge in [-0.3, -0.25) is 4.79 Å². The molecular formula is C18H25N3O4S. The zero-order valence-electron chi connectivity index (χ0n) is 15.3. The summed E-state index contributed by atoms with van der Waals surface area (Å²) in [5.74, 6) is 1.56. The summed E-state index contributed by atoms with van der Waals surface area (Å²) in [5, 5.41) is 3.30. The molecule has 1 amide bonds. The summed E-state index contributed by atoms with van der Waals surface area (Å²) in [6.07, 6.45) is 5.13. The highest BCUT2D eigenvalue weighted by Gasteiger charge is 2.42. The molecule has 3 rings (SSSR count). The number of methoxy groups -OCH3 is 1. The van der Waals surface area contributed by atoms with Crippen LogP contribution >= 0.6 is 11.8 Å². The molecule has 0 aromatic carbocycles. The molecule has 2 bridgehead atoms. The molecule has 2 aliphatic rings. The topological polar surface area (TPSA) is 101 Å². The normalized spacial score (nSPS) is 25.1. The number of amides is 1. The van der Waals surface area contributed by atoms with Crippen LogP contribution in [0.25, 0.3) is 0 Å². The van der Waals surface area contributed by atoms with Gasteiger partial charge in [0.15, 0.2) is 0 Å². The van der Waals surface area contributed by atoms with Gasteiger partial charge < -0.3 is 15.0 Å². The summed E-state index contributed by atoms with van der Waals surface area (Å²) in [6.45, 7) is 3.68. The minimum Gasteiger partial charge on any atom is -0.465 e. The van der Waals surface area contributed by atoms with Gasteiger partial charge in [-0.15, -0.1) is 0 Å². The molecule has 26 heavy (non-hydrogen) atoms. The maximum absolute atomic E-state index is 12.3. The molecule has 7 nitrogen and oxygen atoms in total. The third-order valence-corrected chi connectivity index (χ3v) is 6.61. The highest BCUT2D eigenvalue weighted by Crippen LogP contribution is 2.49. The molecule has 0 spiro atoms. The van der Waals surface area contributed by atoms with Crippen LogP contribution in [0.3, 0.4) is 0 Å². The Morgan fingerprint density at radius 1 is 1.38 bits per heavy atom. The van der Waals surface area contributed by atoms with Crippen molar-refractivity contribution in [2.75, 3.05) is 12.9 Å². The standard InChI is InChI=1S/C18H25N3O4S/c1-9(13-7-11-4-5-12(13)6-11)19-14(22)8-26-16-15(17(23)25-3)10(2)20-18(24)21-16/h9,11-13H,4-8H2,1-3H3,(H,19,22)(H,20,21,24). The van der Waals surface area contributed by atoms with Crippen molar-refractivity contribution in [3.05, 3.63) is 21.7 Å². The zero-order chi connectivity index (χ0) is 18.8. The Morgan fingerprint density at radius 3 is 2.77 bits per heavy atom. The molecule has 4 atom stereocenters. The quantitative estimate of drug-likeness (QED) is 0.445. The maximum atomic E-state index is 12.3. The van der Waals surface area contributed by atoms with E-state index in [-0.39, 0.29) is 28.3 Å². The number of carbonyl (C=O) groups excluding carboxylic acids is 2. The molecule has 0 radical (unpaired) electrons. The lowest BCUT2D eigenvalue weighted by atomic mass is 9.84. The predicted molar refractivity (Wildman–Crippen MR) is 98.2 cm³/mol. The summed E-state index contributed by atoms with van der Waals surface area (Å²) in [7, 11) is 1.27. The maximum Gasteiger partial charge on any atom is 0.346 e. The van der Waals surface area contributed by atoms with Gasteiger partial charge in [-0.25, -0.2) is 9.59 Å². The van der Waals surface area contributed by atoms with E-state index in [1.807, 2.05) is 0 Å². The van der Waals surface area contributed by atoms with Crippen LogP contribution in [0.15, 0.2) is 9.82 Å². The smallest absolute Gasteiger partial charge is 0.346 e. The number of aromatic nitrogens is 2. The van der Waals surface area contributed by atoms with Gasteiger partial charge in [0.2, 0.25) is 5.91 Å². The molecule has 2 N–H and O–H groups in total. The summed E-state index contributed by atoms with van der Waals surface area (Å²) in [4.78, 5) is 42.2. The van der Waals surface area contributed by atoms with E-state index >= 15 is 0 Å². The molecule has 1 aromatic heterocycles. The van der Waals surface area contributed by atoms with E-state index in [2.05, 4.69) is 22.2 Å². The number of rotatable bonds is 6. The van der Waals surface area contributed by atoms with Crippen molar-refractivity contribution in [3.8, 4) is 0 Å². The molecule has 2 saturated carbocycles. The number of hydrogen-bond acceptors (Lipinski definition) is 6. The minimum atomic E-state index is -0.579. The summed E-state index contributed by atoms with van der Waals surface area (Å²) < 4.78 is 4.75. The van der Waals surface area contributed by atoms with Gasteiger partial charge in [-0.2, -0.15) is 4.98 Å². The number of hydrogen-bond donors (Lipinski definition) is 2. The number of H-pyrrole nitrogens is 1. The van der Waals surface area contributed by atoms with Crippen molar-refractivity contribution in [2.24, 2.45) is 17.8 Å². The van der Waals surface area contributed by atoms with Crippen molar-refractivity contribution in [2.45, 2.75) is 50.6 Å². The van der Waals surface area contributed by atoms with Crippen LogP contribution in [0.5, 0.6) is 0 Å². The summed E-state index contributed by atoms with van der Waals surface area (Å²) >= 11 is 1.08. The van der Waals surface area contributed by atoms with Crippen LogP contribution in [-0.4, -0.2) is 40.7 Å². The molecule has 0 saturated heterocycles. The van der Waals surface area contributed by atoms with Gasteiger partial charge in [0.1, 0.15) is 10.6 Å². The Labute approximate surface area is 156 Å². The lowest BCUT2D eigenvalue weighted by Gasteiger charge is -2.28. The molecule has 4 unspecified atom stereocenters. The Bertz CT molecular complexity index is 763. The average molecular weight is 379 g/mol. The first kappa shape index (κ1) is 18.9. The average Bonchev–Trinajstić information content (AvgIpc) is 3.22. The van der Waals surface area contributed by atoms with E-state index in [4.69, 9.17) is 4.74 Å². The van der Waals surface area contributed by atoms with Gasteiger partial charge >= 0.3 is 11.7 Å². The highest BCUT2D eigenvalue weighted by molar-refractivity contribution is 8.00. The summed E-state index contributed by atoms with van der Waals surface area (Å²) in [5.41, 5.74) is 0.0366. The lowest BCUT2D eigenvalue weighted by molar-refractivity contribution is -0.119. The highest BCUT2D eigenvalue weighted by atomic mass is 32.2. The Hall–Kier alpha value is -1.83. The number of aryl methyl sites for hydroxylation is 1. The number of nitrogens with one attached hydrogen (secondary N) is 2. The van der Waals surface area contributed by atoms with Crippen LogP contribution in [0, 0.1) is 24.7 Å². The minimum absolute atomic E-state index is 0.102. The first-order valence-corrected chi connectivity index (χ1v) is 9.99. The predicted octanol–water partition coefficient (Wildman–Crippen LogP) is 1.90. The zero-order valence-corrected chi connectivity index (χ0v) is 16.1. The van der Waals surface area contributed by atoms with Gasteiger partial charge in [-0.05, 0) is 50.9 Å². The van der Waals surface area contributed by atoms with E-state index in [0.29, 0.717) is 11.6 Å². The van der Waals surface area contributed by atoms with E-state index in [1.165, 1.54) is 32.8 Å². The van der Waals surface area contributed by atoms with Crippen molar-refractivity contribution >= 4 is 23.6 Å². The number of aromatic amines is 1. The molecule has 8 heteroatoms. The van der Waals surface area contributed by atoms with Crippen molar-refractivity contribution in [1.82, 2.24) is 15.3 Å². The van der Waals surface area contributed by atoms with Gasteiger partial charge in [0.05, 0.1) is 12.9 Å². The number of esters is 1. The molecule has 0 aliphatic heterocycles. The van der Waals surface area contributed by atoms with Crippen molar-refractivity contribution in [3.63, 3.8) is 0 Å². The Kier molecular flexibility index (Phi) is 5.70. The Morgan fingerprint density at radius 2 is 2.15 bits per heavy atom. The van der Waals surface area contributed by atoms with E-state index in [1.54, 1.807) is 6.92 Å². The fourth-order valence-electron chi connectivity index (χ4n) is 4.45. The molecular weight excluding hydrogens is 354 g/mol. The molecule has 2 aliphatic carbocycles. The van der Waals surface area contributed by atoms with Gasteiger partial charge in [-0.1, -0.05) is 18.2 Å². The van der Waals surface area contributed by atoms with Crippen LogP contribution < -0.4 is 11.0 Å². The first-order chi connectivity index (χ1) is 12.4. The van der Waals surface area contributed by atoms with E-state index in [9.17, 15) is 14.4 Å². The first-order valence-electron chi connectivity index (χ1n) is 9.00. The molecule has 1 heterocycles. The molecule has 1 aromatic rings. The SMILES string of the molecule is COC(=O)c1c(SCC(=O)NC(C)C2CC3CCC2C3)nc(=O)[nH]c1C. The number of fused-ring (bicyclic) bond motifs is 2. The van der Waals surface area contributed by atoms with Crippen molar-refractivity contribution in [1.29, 1.82) is 0 Å². The second kappa shape index (κ2) is 7.82. The van der Waals surface area contributed by atoms with Crippen LogP contribution in [0.1, 0.15) is 48.7 Å². The monoisotopic (exact) mass is 379 g/mol.